The minimum absolute atomic E-state index is 0.645. The fourth-order valence-corrected chi connectivity index (χ4v) is 2.93. The van der Waals surface area contributed by atoms with Crippen molar-refractivity contribution in [2.45, 2.75) is 0 Å². The molecule has 0 aliphatic carbocycles. The molecule has 0 bridgehead atoms. The van der Waals surface area contributed by atoms with Gasteiger partial charge in [0.1, 0.15) is 0 Å². The van der Waals surface area contributed by atoms with Gasteiger partial charge in [0.05, 0.1) is 28.4 Å². The molecule has 3 rings (SSSR count). The lowest BCUT2D eigenvalue weighted by Crippen LogP contribution is -1.96. The van der Waals surface area contributed by atoms with Gasteiger partial charge in [-0.2, -0.15) is 0 Å². The molecule has 5 nitrogen and oxygen atoms in total. The molecule has 3 aromatic rings. The Balaban J connectivity index is 2.19. The molecule has 2 N–H and O–H groups in total. The van der Waals surface area contributed by atoms with Crippen LogP contribution in [0.25, 0.3) is 21.9 Å². The smallest absolute Gasteiger partial charge is 0.161 e. The first-order valence-corrected chi connectivity index (χ1v) is 7.79. The summed E-state index contributed by atoms with van der Waals surface area (Å²) in [5, 5.41) is 1.89. The van der Waals surface area contributed by atoms with E-state index >= 15 is 0 Å². The number of rotatable bonds is 5. The summed E-state index contributed by atoms with van der Waals surface area (Å²) in [6.45, 7) is 0. The van der Waals surface area contributed by atoms with E-state index in [1.54, 1.807) is 28.4 Å². The lowest BCUT2D eigenvalue weighted by molar-refractivity contribution is 0.355. The van der Waals surface area contributed by atoms with E-state index in [4.69, 9.17) is 24.7 Å². The van der Waals surface area contributed by atoms with Crippen LogP contribution >= 0.6 is 0 Å². The molecule has 0 saturated carbocycles. The zero-order valence-corrected chi connectivity index (χ0v) is 14.8. The number of nitrogens with two attached hydrogens (primary N) is 1. The Kier molecular flexibility index (Phi) is 4.57. The van der Waals surface area contributed by atoms with E-state index in [1.165, 1.54) is 0 Å². The van der Waals surface area contributed by atoms with Crippen molar-refractivity contribution in [3.05, 3.63) is 42.5 Å². The van der Waals surface area contributed by atoms with Crippen LogP contribution in [0.2, 0.25) is 0 Å². The first-order chi connectivity index (χ1) is 12.1. The van der Waals surface area contributed by atoms with Crippen LogP contribution in [-0.2, 0) is 0 Å². The van der Waals surface area contributed by atoms with Crippen LogP contribution in [-0.4, -0.2) is 28.4 Å². The van der Waals surface area contributed by atoms with Crippen molar-refractivity contribution in [2.24, 2.45) is 0 Å². The number of nitrogen functional groups attached to an aromatic ring is 1. The standard InChI is InChI=1S/C20H21NO4/c1-22-16-8-6-12(9-17(16)23-2)14-7-5-13-10-18(24-3)19(25-4)11-15(13)20(14)21/h5-11H,21H2,1-4H3. The van der Waals surface area contributed by atoms with Gasteiger partial charge >= 0.3 is 0 Å². The van der Waals surface area contributed by atoms with Crippen molar-refractivity contribution in [2.75, 3.05) is 34.2 Å². The molecule has 0 saturated heterocycles. The van der Waals surface area contributed by atoms with Gasteiger partial charge in [-0.1, -0.05) is 18.2 Å². The molecule has 0 unspecified atom stereocenters. The van der Waals surface area contributed by atoms with E-state index < -0.39 is 0 Å². The van der Waals surface area contributed by atoms with Crippen LogP contribution in [0.4, 0.5) is 5.69 Å². The van der Waals surface area contributed by atoms with Crippen LogP contribution in [0.15, 0.2) is 42.5 Å². The topological polar surface area (TPSA) is 62.9 Å². The third kappa shape index (κ3) is 2.89. The zero-order chi connectivity index (χ0) is 18.0. The van der Waals surface area contributed by atoms with Gasteiger partial charge in [-0.15, -0.1) is 0 Å². The molecule has 0 fully saturated rings. The summed E-state index contributed by atoms with van der Waals surface area (Å²) >= 11 is 0. The molecule has 130 valence electrons. The van der Waals surface area contributed by atoms with E-state index in [0.29, 0.717) is 28.7 Å². The highest BCUT2D eigenvalue weighted by Gasteiger charge is 2.13. The molecular weight excluding hydrogens is 318 g/mol. The highest BCUT2D eigenvalue weighted by atomic mass is 16.5. The Morgan fingerprint density at radius 3 is 1.88 bits per heavy atom. The molecule has 0 aliphatic rings. The average Bonchev–Trinajstić information content (AvgIpc) is 2.66. The first kappa shape index (κ1) is 16.8. The fraction of sp³-hybridized carbons (Fsp3) is 0.200. The summed E-state index contributed by atoms with van der Waals surface area (Å²) in [5.74, 6) is 2.66. The van der Waals surface area contributed by atoms with Crippen molar-refractivity contribution in [3.63, 3.8) is 0 Å². The van der Waals surface area contributed by atoms with E-state index in [2.05, 4.69) is 0 Å². The summed E-state index contributed by atoms with van der Waals surface area (Å²) in [6, 6.07) is 13.6. The van der Waals surface area contributed by atoms with Crippen LogP contribution in [0.3, 0.4) is 0 Å². The number of anilines is 1. The van der Waals surface area contributed by atoms with Crippen molar-refractivity contribution in [3.8, 4) is 34.1 Å². The summed E-state index contributed by atoms with van der Waals surface area (Å²) in [4.78, 5) is 0. The van der Waals surface area contributed by atoms with Crippen molar-refractivity contribution in [1.82, 2.24) is 0 Å². The van der Waals surface area contributed by atoms with Gasteiger partial charge in [-0.05, 0) is 35.2 Å². The quantitative estimate of drug-likeness (QED) is 0.708. The predicted molar refractivity (Wildman–Crippen MR) is 100 cm³/mol. The van der Waals surface area contributed by atoms with Crippen LogP contribution in [0.5, 0.6) is 23.0 Å². The Bertz CT molecular complexity index is 921. The van der Waals surface area contributed by atoms with Gasteiger partial charge in [-0.25, -0.2) is 0 Å². The second-order valence-electron chi connectivity index (χ2n) is 5.52. The van der Waals surface area contributed by atoms with E-state index in [9.17, 15) is 0 Å². The third-order valence-corrected chi connectivity index (χ3v) is 4.26. The highest BCUT2D eigenvalue weighted by molar-refractivity contribution is 6.02. The summed E-state index contributed by atoms with van der Waals surface area (Å²) < 4.78 is 21.4. The summed E-state index contributed by atoms with van der Waals surface area (Å²) in [6.07, 6.45) is 0. The number of hydrogen-bond donors (Lipinski definition) is 1. The maximum atomic E-state index is 6.46. The Morgan fingerprint density at radius 1 is 0.640 bits per heavy atom. The maximum absolute atomic E-state index is 6.46. The number of benzene rings is 3. The maximum Gasteiger partial charge on any atom is 0.161 e. The normalized spacial score (nSPS) is 10.6. The zero-order valence-electron chi connectivity index (χ0n) is 14.8. The van der Waals surface area contributed by atoms with E-state index in [0.717, 1.165) is 21.9 Å². The van der Waals surface area contributed by atoms with Gasteiger partial charge in [-0.3, -0.25) is 0 Å². The minimum atomic E-state index is 0.645. The number of ether oxygens (including phenoxy) is 4. The minimum Gasteiger partial charge on any atom is -0.493 e. The molecule has 5 heteroatoms. The largest absolute Gasteiger partial charge is 0.493 e. The lowest BCUT2D eigenvalue weighted by atomic mass is 9.98. The van der Waals surface area contributed by atoms with Crippen LogP contribution < -0.4 is 24.7 Å². The molecule has 0 atom stereocenters. The fourth-order valence-electron chi connectivity index (χ4n) is 2.93. The van der Waals surface area contributed by atoms with E-state index in [1.807, 2.05) is 42.5 Å². The molecule has 25 heavy (non-hydrogen) atoms. The van der Waals surface area contributed by atoms with Crippen LogP contribution in [0.1, 0.15) is 0 Å². The molecule has 0 heterocycles. The van der Waals surface area contributed by atoms with Crippen molar-refractivity contribution < 1.29 is 18.9 Å². The Labute approximate surface area is 146 Å². The molecule has 0 amide bonds. The van der Waals surface area contributed by atoms with Gasteiger partial charge in [0.2, 0.25) is 0 Å². The molecule has 3 aromatic carbocycles. The second kappa shape index (κ2) is 6.81. The third-order valence-electron chi connectivity index (χ3n) is 4.26. The number of methoxy groups -OCH3 is 4. The van der Waals surface area contributed by atoms with Gasteiger partial charge in [0, 0.05) is 16.6 Å². The number of fused-ring (bicyclic) bond motifs is 1. The molecule has 0 spiro atoms. The lowest BCUT2D eigenvalue weighted by Gasteiger charge is -2.14. The van der Waals surface area contributed by atoms with Crippen molar-refractivity contribution in [1.29, 1.82) is 0 Å². The first-order valence-electron chi connectivity index (χ1n) is 7.79. The average molecular weight is 339 g/mol. The second-order valence-corrected chi connectivity index (χ2v) is 5.52. The molecule has 0 radical (unpaired) electrons. The Hall–Kier alpha value is -3.08. The van der Waals surface area contributed by atoms with Crippen molar-refractivity contribution >= 4 is 16.5 Å². The summed E-state index contributed by atoms with van der Waals surface area (Å²) in [7, 11) is 6.45. The molecular formula is C20H21NO4. The van der Waals surface area contributed by atoms with E-state index in [-0.39, 0.29) is 0 Å². The predicted octanol–water partition coefficient (Wildman–Crippen LogP) is 4.12. The van der Waals surface area contributed by atoms with Gasteiger partial charge in [0.25, 0.3) is 0 Å². The molecule has 0 aliphatic heterocycles. The Morgan fingerprint density at radius 2 is 1.24 bits per heavy atom. The van der Waals surface area contributed by atoms with Crippen LogP contribution in [0, 0.1) is 0 Å². The molecule has 0 aromatic heterocycles. The highest BCUT2D eigenvalue weighted by Crippen LogP contribution is 2.40. The monoisotopic (exact) mass is 339 g/mol. The van der Waals surface area contributed by atoms with Gasteiger partial charge < -0.3 is 24.7 Å². The SMILES string of the molecule is COc1ccc(-c2ccc3cc(OC)c(OC)cc3c2N)cc1OC. The summed E-state index contributed by atoms with van der Waals surface area (Å²) in [5.41, 5.74) is 9.00. The number of hydrogen-bond acceptors (Lipinski definition) is 5. The van der Waals surface area contributed by atoms with Gasteiger partial charge in [0.15, 0.2) is 23.0 Å².